The lowest BCUT2D eigenvalue weighted by molar-refractivity contribution is 0.0735. The fraction of sp³-hybridized carbons (Fsp3) is 0.300. The molecule has 3 nitrogen and oxygen atoms in total. The molecule has 0 bridgehead atoms. The molecule has 0 saturated carbocycles. The van der Waals surface area contributed by atoms with Crippen LogP contribution in [0.1, 0.15) is 35.7 Å². The van der Waals surface area contributed by atoms with Crippen LogP contribution in [0, 0.1) is 5.92 Å². The molecule has 0 aromatic heterocycles. The van der Waals surface area contributed by atoms with Crippen molar-refractivity contribution in [2.45, 2.75) is 19.8 Å². The second-order valence-corrected chi connectivity index (χ2v) is 7.22. The lowest BCUT2D eigenvalue weighted by Gasteiger charge is -2.32. The van der Waals surface area contributed by atoms with Crippen LogP contribution < -0.4 is 4.74 Å². The quantitative estimate of drug-likeness (QED) is 0.431. The van der Waals surface area contributed by atoms with Gasteiger partial charge in [-0.1, -0.05) is 36.8 Å². The van der Waals surface area contributed by atoms with Crippen LogP contribution >= 0.6 is 23.8 Å². The number of esters is 1. The Kier molecular flexibility index (Phi) is 5.71. The average molecular weight is 374 g/mol. The number of thiocarbonyl (C=S) groups is 1. The molecule has 1 aliphatic heterocycles. The first-order chi connectivity index (χ1) is 12.0. The molecule has 2 aromatic rings. The van der Waals surface area contributed by atoms with E-state index in [1.807, 2.05) is 12.1 Å². The van der Waals surface area contributed by atoms with Gasteiger partial charge in [0, 0.05) is 23.7 Å². The van der Waals surface area contributed by atoms with E-state index < -0.39 is 5.97 Å². The largest absolute Gasteiger partial charge is 0.423 e. The molecule has 1 heterocycles. The monoisotopic (exact) mass is 373 g/mol. The highest BCUT2D eigenvalue weighted by molar-refractivity contribution is 7.80. The number of carbonyl (C=O) groups excluding carboxylic acids is 1. The van der Waals surface area contributed by atoms with Crippen molar-refractivity contribution >= 4 is 34.8 Å². The van der Waals surface area contributed by atoms with Crippen molar-refractivity contribution in [1.82, 2.24) is 4.90 Å². The summed E-state index contributed by atoms with van der Waals surface area (Å²) in [6, 6.07) is 14.1. The Morgan fingerprint density at radius 2 is 1.80 bits per heavy atom. The summed E-state index contributed by atoms with van der Waals surface area (Å²) in [5, 5.41) is 0.506. The molecule has 0 N–H and O–H groups in total. The summed E-state index contributed by atoms with van der Waals surface area (Å²) >= 11 is 11.5. The second kappa shape index (κ2) is 7.98. The van der Waals surface area contributed by atoms with Crippen LogP contribution in [0.5, 0.6) is 5.75 Å². The number of piperidine rings is 1. The number of benzene rings is 2. The van der Waals surface area contributed by atoms with E-state index in [0.29, 0.717) is 16.3 Å². The highest BCUT2D eigenvalue weighted by Gasteiger charge is 2.19. The lowest BCUT2D eigenvalue weighted by atomic mass is 9.99. The molecule has 130 valence electrons. The Balaban J connectivity index is 1.64. The van der Waals surface area contributed by atoms with E-state index in [1.54, 1.807) is 36.4 Å². The SMILES string of the molecule is CC1CCN(C(=S)c2ccc(OC(=O)c3cccc(Cl)c3)cc2)CC1. The lowest BCUT2D eigenvalue weighted by Crippen LogP contribution is -2.37. The molecule has 25 heavy (non-hydrogen) atoms. The van der Waals surface area contributed by atoms with Gasteiger partial charge in [-0.3, -0.25) is 0 Å². The molecule has 0 radical (unpaired) electrons. The third-order valence-electron chi connectivity index (χ3n) is 4.44. The summed E-state index contributed by atoms with van der Waals surface area (Å²) in [5.41, 5.74) is 1.40. The van der Waals surface area contributed by atoms with Crippen molar-refractivity contribution < 1.29 is 9.53 Å². The third-order valence-corrected chi connectivity index (χ3v) is 5.17. The molecule has 0 aliphatic carbocycles. The number of ether oxygens (including phenoxy) is 1. The Morgan fingerprint density at radius 1 is 1.12 bits per heavy atom. The molecule has 0 unspecified atom stereocenters. The van der Waals surface area contributed by atoms with Gasteiger partial charge >= 0.3 is 5.97 Å². The standard InChI is InChI=1S/C20H20ClNO2S/c1-14-9-11-22(12-10-14)19(25)15-5-7-18(8-6-15)24-20(23)16-3-2-4-17(21)13-16/h2-8,13-14H,9-12H2,1H3. The van der Waals surface area contributed by atoms with Crippen LogP contribution in [0.25, 0.3) is 0 Å². The predicted octanol–water partition coefficient (Wildman–Crippen LogP) is 4.97. The Hall–Kier alpha value is -1.91. The number of hydrogen-bond acceptors (Lipinski definition) is 3. The molecular weight excluding hydrogens is 354 g/mol. The van der Waals surface area contributed by atoms with Gasteiger partial charge in [-0.2, -0.15) is 0 Å². The van der Waals surface area contributed by atoms with Gasteiger partial charge in [-0.25, -0.2) is 4.79 Å². The Bertz CT molecular complexity index is 768. The maximum absolute atomic E-state index is 12.1. The zero-order valence-electron chi connectivity index (χ0n) is 14.1. The normalized spacial score (nSPS) is 15.0. The summed E-state index contributed by atoms with van der Waals surface area (Å²) < 4.78 is 5.40. The number of hydrogen-bond donors (Lipinski definition) is 0. The van der Waals surface area contributed by atoms with Crippen LogP contribution in [-0.4, -0.2) is 28.9 Å². The van der Waals surface area contributed by atoms with Gasteiger partial charge in [0.25, 0.3) is 0 Å². The van der Waals surface area contributed by atoms with Crippen LogP contribution in [0.2, 0.25) is 5.02 Å². The summed E-state index contributed by atoms with van der Waals surface area (Å²) in [5.74, 6) is 0.832. The van der Waals surface area contributed by atoms with Crippen molar-refractivity contribution in [2.75, 3.05) is 13.1 Å². The topological polar surface area (TPSA) is 29.5 Å². The average Bonchev–Trinajstić information content (AvgIpc) is 2.62. The summed E-state index contributed by atoms with van der Waals surface area (Å²) in [4.78, 5) is 15.3. The van der Waals surface area contributed by atoms with Gasteiger partial charge in [0.15, 0.2) is 0 Å². The second-order valence-electron chi connectivity index (χ2n) is 6.40. The summed E-state index contributed by atoms with van der Waals surface area (Å²) in [6.07, 6.45) is 2.35. The third kappa shape index (κ3) is 4.59. The first kappa shape index (κ1) is 17.9. The molecule has 0 atom stereocenters. The molecule has 1 fully saturated rings. The van der Waals surface area contributed by atoms with Crippen molar-refractivity contribution in [1.29, 1.82) is 0 Å². The smallest absolute Gasteiger partial charge is 0.343 e. The maximum atomic E-state index is 12.1. The Labute approximate surface area is 158 Å². The van der Waals surface area contributed by atoms with Crippen molar-refractivity contribution in [2.24, 2.45) is 5.92 Å². The minimum absolute atomic E-state index is 0.425. The molecule has 1 saturated heterocycles. The minimum atomic E-state index is -0.428. The van der Waals surface area contributed by atoms with E-state index in [1.165, 1.54) is 12.8 Å². The van der Waals surface area contributed by atoms with Gasteiger partial charge in [-0.05, 0) is 61.2 Å². The molecular formula is C20H20ClNO2S. The van der Waals surface area contributed by atoms with E-state index in [4.69, 9.17) is 28.6 Å². The highest BCUT2D eigenvalue weighted by atomic mass is 35.5. The molecule has 2 aromatic carbocycles. The van der Waals surface area contributed by atoms with Gasteiger partial charge in [0.05, 0.1) is 5.56 Å². The molecule has 1 aliphatic rings. The fourth-order valence-electron chi connectivity index (χ4n) is 2.84. The van der Waals surface area contributed by atoms with Crippen molar-refractivity contribution in [3.8, 4) is 5.75 Å². The van der Waals surface area contributed by atoms with E-state index >= 15 is 0 Å². The Morgan fingerprint density at radius 3 is 2.44 bits per heavy atom. The van der Waals surface area contributed by atoms with E-state index in [2.05, 4.69) is 11.8 Å². The number of rotatable bonds is 3. The van der Waals surface area contributed by atoms with Crippen LogP contribution in [0.4, 0.5) is 0 Å². The molecule has 0 amide bonds. The number of nitrogens with zero attached hydrogens (tertiary/aromatic N) is 1. The van der Waals surface area contributed by atoms with E-state index in [9.17, 15) is 4.79 Å². The van der Waals surface area contributed by atoms with Gasteiger partial charge in [0.1, 0.15) is 10.7 Å². The van der Waals surface area contributed by atoms with Crippen molar-refractivity contribution in [3.63, 3.8) is 0 Å². The first-order valence-corrected chi connectivity index (χ1v) is 9.18. The predicted molar refractivity (Wildman–Crippen MR) is 105 cm³/mol. The van der Waals surface area contributed by atoms with E-state index in [0.717, 1.165) is 29.6 Å². The van der Waals surface area contributed by atoms with Gasteiger partial charge in [0.2, 0.25) is 0 Å². The van der Waals surface area contributed by atoms with Crippen LogP contribution in [0.15, 0.2) is 48.5 Å². The number of halogens is 1. The zero-order chi connectivity index (χ0) is 17.8. The van der Waals surface area contributed by atoms with Crippen LogP contribution in [-0.2, 0) is 0 Å². The number of carbonyl (C=O) groups is 1. The van der Waals surface area contributed by atoms with Gasteiger partial charge in [-0.15, -0.1) is 0 Å². The van der Waals surface area contributed by atoms with E-state index in [-0.39, 0.29) is 0 Å². The fourth-order valence-corrected chi connectivity index (χ4v) is 3.35. The zero-order valence-corrected chi connectivity index (χ0v) is 15.6. The highest BCUT2D eigenvalue weighted by Crippen LogP contribution is 2.21. The molecule has 3 rings (SSSR count). The number of likely N-dealkylation sites (tertiary alicyclic amines) is 1. The minimum Gasteiger partial charge on any atom is -0.423 e. The van der Waals surface area contributed by atoms with Gasteiger partial charge < -0.3 is 9.64 Å². The summed E-state index contributed by atoms with van der Waals surface area (Å²) in [6.45, 7) is 4.29. The van der Waals surface area contributed by atoms with Crippen molar-refractivity contribution in [3.05, 3.63) is 64.7 Å². The van der Waals surface area contributed by atoms with Crippen LogP contribution in [0.3, 0.4) is 0 Å². The molecule has 5 heteroatoms. The first-order valence-electron chi connectivity index (χ1n) is 8.40. The summed E-state index contributed by atoms with van der Waals surface area (Å²) in [7, 11) is 0. The molecule has 0 spiro atoms. The maximum Gasteiger partial charge on any atom is 0.343 e.